The molecule has 1 atom stereocenters. The van der Waals surface area contributed by atoms with Crippen LogP contribution in [0.2, 0.25) is 0 Å². The van der Waals surface area contributed by atoms with E-state index in [1.165, 1.54) is 11.5 Å². The normalized spacial score (nSPS) is 18.3. The van der Waals surface area contributed by atoms with Gasteiger partial charge in [-0.3, -0.25) is 9.69 Å². The first kappa shape index (κ1) is 23.4. The Morgan fingerprint density at radius 3 is 2.30 bits per heavy atom. The molecule has 0 saturated carbocycles. The molecule has 6 heteroatoms. The summed E-state index contributed by atoms with van der Waals surface area (Å²) in [5.74, 6) is -0.214. The van der Waals surface area contributed by atoms with Gasteiger partial charge in [0.05, 0.1) is 24.0 Å². The molecule has 37 heavy (non-hydrogen) atoms. The van der Waals surface area contributed by atoms with Crippen molar-refractivity contribution in [1.29, 1.82) is 0 Å². The van der Waals surface area contributed by atoms with Crippen LogP contribution in [0.3, 0.4) is 0 Å². The molecule has 186 valence electrons. The first-order valence-electron chi connectivity index (χ1n) is 12.8. The van der Waals surface area contributed by atoms with Crippen LogP contribution in [0.25, 0.3) is 10.8 Å². The number of hydrazone groups is 1. The maximum atomic E-state index is 14.2. The van der Waals surface area contributed by atoms with Crippen molar-refractivity contribution in [3.8, 4) is 0 Å². The summed E-state index contributed by atoms with van der Waals surface area (Å²) in [4.78, 5) is 17.8. The first-order valence-corrected chi connectivity index (χ1v) is 12.8. The molecule has 4 aromatic carbocycles. The van der Waals surface area contributed by atoms with Crippen LogP contribution in [0, 0.1) is 5.82 Å². The van der Waals surface area contributed by atoms with Gasteiger partial charge in [0, 0.05) is 32.6 Å². The van der Waals surface area contributed by atoms with E-state index >= 15 is 0 Å². The van der Waals surface area contributed by atoms with Crippen LogP contribution in [0.15, 0.2) is 102 Å². The fraction of sp³-hybridized carbons (Fsp3) is 0.226. The Kier molecular flexibility index (Phi) is 6.41. The van der Waals surface area contributed by atoms with Gasteiger partial charge in [0.1, 0.15) is 5.82 Å². The summed E-state index contributed by atoms with van der Waals surface area (Å²) in [6.45, 7) is 3.06. The number of carbonyl (C=O) groups is 1. The van der Waals surface area contributed by atoms with Gasteiger partial charge in [0.15, 0.2) is 0 Å². The number of para-hydroxylation sites is 1. The van der Waals surface area contributed by atoms with Crippen LogP contribution in [-0.4, -0.2) is 54.3 Å². The molecule has 1 amide bonds. The number of carbonyl (C=O) groups excluding carboxylic acids is 1. The van der Waals surface area contributed by atoms with Crippen molar-refractivity contribution in [2.45, 2.75) is 12.5 Å². The lowest BCUT2D eigenvalue weighted by atomic mass is 9.97. The highest BCUT2D eigenvalue weighted by molar-refractivity contribution is 6.05. The molecule has 1 saturated heterocycles. The van der Waals surface area contributed by atoms with E-state index in [0.717, 1.165) is 22.2 Å². The average molecular weight is 493 g/mol. The number of halogens is 1. The Morgan fingerprint density at radius 1 is 0.811 bits per heavy atom. The second-order valence-electron chi connectivity index (χ2n) is 9.69. The zero-order valence-corrected chi connectivity index (χ0v) is 20.6. The molecule has 0 aliphatic carbocycles. The number of piperazine rings is 1. The molecule has 6 rings (SSSR count). The SMILES string of the molecule is O=C(CN1CCN(c2ccccc2F)CC1)N1N=C(c2ccc3ccccc3c2)C[C@H]1c1ccccc1. The summed E-state index contributed by atoms with van der Waals surface area (Å²) in [5.41, 5.74) is 3.69. The minimum absolute atomic E-state index is 0.0102. The van der Waals surface area contributed by atoms with Gasteiger partial charge in [0.25, 0.3) is 5.91 Å². The second-order valence-corrected chi connectivity index (χ2v) is 9.69. The third-order valence-corrected chi connectivity index (χ3v) is 7.36. The number of rotatable bonds is 5. The fourth-order valence-corrected chi connectivity index (χ4v) is 5.34. The number of hydrogen-bond donors (Lipinski definition) is 0. The van der Waals surface area contributed by atoms with E-state index in [4.69, 9.17) is 5.10 Å². The van der Waals surface area contributed by atoms with Crippen molar-refractivity contribution in [3.63, 3.8) is 0 Å². The highest BCUT2D eigenvalue weighted by Gasteiger charge is 2.34. The van der Waals surface area contributed by atoms with Crippen LogP contribution in [0.4, 0.5) is 10.1 Å². The van der Waals surface area contributed by atoms with E-state index in [1.54, 1.807) is 11.1 Å². The Morgan fingerprint density at radius 2 is 1.51 bits per heavy atom. The molecule has 0 aromatic heterocycles. The van der Waals surface area contributed by atoms with Crippen molar-refractivity contribution in [1.82, 2.24) is 9.91 Å². The lowest BCUT2D eigenvalue weighted by Gasteiger charge is -2.36. The van der Waals surface area contributed by atoms with E-state index in [2.05, 4.69) is 52.3 Å². The number of nitrogens with zero attached hydrogens (tertiary/aromatic N) is 4. The molecule has 5 nitrogen and oxygen atoms in total. The molecule has 1 fully saturated rings. The number of anilines is 1. The van der Waals surface area contributed by atoms with E-state index < -0.39 is 0 Å². The van der Waals surface area contributed by atoms with Crippen molar-refractivity contribution in [3.05, 3.63) is 114 Å². The summed E-state index contributed by atoms with van der Waals surface area (Å²) in [5, 5.41) is 8.91. The highest BCUT2D eigenvalue weighted by Crippen LogP contribution is 2.33. The second kappa shape index (κ2) is 10.1. The first-order chi connectivity index (χ1) is 18.2. The molecule has 0 radical (unpaired) electrons. The number of fused-ring (bicyclic) bond motifs is 1. The van der Waals surface area contributed by atoms with Crippen LogP contribution in [-0.2, 0) is 4.79 Å². The summed E-state index contributed by atoms with van der Waals surface area (Å²) in [6.07, 6.45) is 0.676. The van der Waals surface area contributed by atoms with Crippen molar-refractivity contribution in [2.75, 3.05) is 37.6 Å². The van der Waals surface area contributed by atoms with Crippen LogP contribution in [0.1, 0.15) is 23.6 Å². The van der Waals surface area contributed by atoms with E-state index in [9.17, 15) is 9.18 Å². The largest absolute Gasteiger partial charge is 0.367 e. The van der Waals surface area contributed by atoms with Crippen molar-refractivity contribution >= 4 is 28.1 Å². The van der Waals surface area contributed by atoms with Gasteiger partial charge in [-0.15, -0.1) is 0 Å². The van der Waals surface area contributed by atoms with Crippen LogP contribution < -0.4 is 4.90 Å². The standard InChI is InChI=1S/C31H29FN4O/c32-27-12-6-7-13-29(27)35-18-16-34(17-19-35)22-31(37)36-30(24-9-2-1-3-10-24)21-28(33-36)26-15-14-23-8-4-5-11-25(23)20-26/h1-15,20,30H,16-19,21-22H2/t30-/m0/s1. The zero-order chi connectivity index (χ0) is 25.2. The molecule has 2 aliphatic heterocycles. The van der Waals surface area contributed by atoms with E-state index in [1.807, 2.05) is 42.5 Å². The summed E-state index contributed by atoms with van der Waals surface area (Å²) < 4.78 is 14.2. The molecule has 0 unspecified atom stereocenters. The molecule has 2 heterocycles. The highest BCUT2D eigenvalue weighted by atomic mass is 19.1. The molecule has 0 bridgehead atoms. The summed E-state index contributed by atoms with van der Waals surface area (Å²) in [6, 6.07) is 31.5. The topological polar surface area (TPSA) is 39.2 Å². The van der Waals surface area contributed by atoms with Gasteiger partial charge in [-0.1, -0.05) is 78.9 Å². The van der Waals surface area contributed by atoms with Gasteiger partial charge >= 0.3 is 0 Å². The fourth-order valence-electron chi connectivity index (χ4n) is 5.34. The minimum atomic E-state index is -0.203. The minimum Gasteiger partial charge on any atom is -0.367 e. The Bertz CT molecular complexity index is 1450. The van der Waals surface area contributed by atoms with Crippen molar-refractivity contribution in [2.24, 2.45) is 5.10 Å². The molecular formula is C31H29FN4O. The Balaban J connectivity index is 1.20. The number of benzene rings is 4. The molecule has 2 aliphatic rings. The quantitative estimate of drug-likeness (QED) is 0.370. The maximum absolute atomic E-state index is 14.2. The average Bonchev–Trinajstić information content (AvgIpc) is 3.40. The summed E-state index contributed by atoms with van der Waals surface area (Å²) in [7, 11) is 0. The number of amides is 1. The third-order valence-electron chi connectivity index (χ3n) is 7.36. The lowest BCUT2D eigenvalue weighted by molar-refractivity contribution is -0.134. The number of hydrogen-bond acceptors (Lipinski definition) is 4. The van der Waals surface area contributed by atoms with Crippen LogP contribution >= 0.6 is 0 Å². The van der Waals surface area contributed by atoms with Gasteiger partial charge in [-0.2, -0.15) is 5.10 Å². The van der Waals surface area contributed by atoms with Gasteiger partial charge in [0.2, 0.25) is 0 Å². The molecule has 4 aromatic rings. The lowest BCUT2D eigenvalue weighted by Crippen LogP contribution is -2.49. The smallest absolute Gasteiger partial charge is 0.257 e. The third kappa shape index (κ3) is 4.85. The molecule has 0 N–H and O–H groups in total. The maximum Gasteiger partial charge on any atom is 0.257 e. The summed E-state index contributed by atoms with van der Waals surface area (Å²) >= 11 is 0. The van der Waals surface area contributed by atoms with E-state index in [-0.39, 0.29) is 17.8 Å². The Hall–Kier alpha value is -4.03. The van der Waals surface area contributed by atoms with Crippen LogP contribution in [0.5, 0.6) is 0 Å². The van der Waals surface area contributed by atoms with E-state index in [0.29, 0.717) is 44.8 Å². The molecular weight excluding hydrogens is 463 g/mol. The predicted molar refractivity (Wildman–Crippen MR) is 146 cm³/mol. The zero-order valence-electron chi connectivity index (χ0n) is 20.6. The monoisotopic (exact) mass is 492 g/mol. The Labute approximate surface area is 216 Å². The molecule has 0 spiro atoms. The van der Waals surface area contributed by atoms with Gasteiger partial charge in [-0.05, 0) is 40.1 Å². The van der Waals surface area contributed by atoms with Gasteiger partial charge in [-0.25, -0.2) is 9.40 Å². The van der Waals surface area contributed by atoms with Crippen molar-refractivity contribution < 1.29 is 9.18 Å². The predicted octanol–water partition coefficient (Wildman–Crippen LogP) is 5.48. The van der Waals surface area contributed by atoms with Gasteiger partial charge < -0.3 is 4.90 Å².